The highest BCUT2D eigenvalue weighted by Crippen LogP contribution is 2.23. The SMILES string of the molecule is CC(C)(Cl)C[C@H]1NCCC[C@H]1O. The van der Waals surface area contributed by atoms with Gasteiger partial charge in [-0.15, -0.1) is 11.6 Å². The molecule has 2 nitrogen and oxygen atoms in total. The summed E-state index contributed by atoms with van der Waals surface area (Å²) in [5.41, 5.74) is 0. The van der Waals surface area contributed by atoms with Crippen LogP contribution >= 0.6 is 11.6 Å². The van der Waals surface area contributed by atoms with Crippen LogP contribution in [-0.2, 0) is 0 Å². The van der Waals surface area contributed by atoms with E-state index in [9.17, 15) is 5.11 Å². The van der Waals surface area contributed by atoms with E-state index in [4.69, 9.17) is 11.6 Å². The van der Waals surface area contributed by atoms with Gasteiger partial charge >= 0.3 is 0 Å². The standard InChI is InChI=1S/C9H18ClNO/c1-9(2,10)6-7-8(12)4-3-5-11-7/h7-8,11-12H,3-6H2,1-2H3/t7-,8-/m1/s1. The molecular formula is C9H18ClNO. The van der Waals surface area contributed by atoms with E-state index in [0.29, 0.717) is 0 Å². The van der Waals surface area contributed by atoms with Crippen LogP contribution in [-0.4, -0.2) is 28.7 Å². The molecular weight excluding hydrogens is 174 g/mol. The third-order valence-electron chi connectivity index (χ3n) is 2.25. The highest BCUT2D eigenvalue weighted by Gasteiger charge is 2.27. The minimum absolute atomic E-state index is 0.186. The molecule has 1 aliphatic rings. The number of aliphatic hydroxyl groups excluding tert-OH is 1. The molecule has 1 fully saturated rings. The summed E-state index contributed by atoms with van der Waals surface area (Å²) in [5.74, 6) is 0. The highest BCUT2D eigenvalue weighted by molar-refractivity contribution is 6.23. The minimum atomic E-state index is -0.212. The second kappa shape index (κ2) is 3.95. The molecule has 0 unspecified atom stereocenters. The van der Waals surface area contributed by atoms with Crippen molar-refractivity contribution in [3.63, 3.8) is 0 Å². The van der Waals surface area contributed by atoms with Gasteiger partial charge in [0.2, 0.25) is 0 Å². The van der Waals surface area contributed by atoms with Gasteiger partial charge in [-0.25, -0.2) is 0 Å². The zero-order valence-corrected chi connectivity index (χ0v) is 8.56. The summed E-state index contributed by atoms with van der Waals surface area (Å²) in [4.78, 5) is -0.212. The second-order valence-corrected chi connectivity index (χ2v) is 5.22. The van der Waals surface area contributed by atoms with Crippen LogP contribution in [0.25, 0.3) is 0 Å². The summed E-state index contributed by atoms with van der Waals surface area (Å²) >= 11 is 6.08. The maximum absolute atomic E-state index is 9.61. The third-order valence-corrected chi connectivity index (χ3v) is 2.41. The summed E-state index contributed by atoms with van der Waals surface area (Å²) < 4.78 is 0. The van der Waals surface area contributed by atoms with Crippen LogP contribution in [0, 0.1) is 0 Å². The van der Waals surface area contributed by atoms with E-state index in [1.807, 2.05) is 13.8 Å². The summed E-state index contributed by atoms with van der Waals surface area (Å²) in [7, 11) is 0. The van der Waals surface area contributed by atoms with Crippen LogP contribution in [0.2, 0.25) is 0 Å². The van der Waals surface area contributed by atoms with Crippen LogP contribution in [0.5, 0.6) is 0 Å². The summed E-state index contributed by atoms with van der Waals surface area (Å²) in [6, 6.07) is 0.186. The number of rotatable bonds is 2. The van der Waals surface area contributed by atoms with Crippen molar-refractivity contribution in [1.29, 1.82) is 0 Å². The molecule has 0 saturated carbocycles. The molecule has 3 heteroatoms. The lowest BCUT2D eigenvalue weighted by Gasteiger charge is -2.32. The Bertz CT molecular complexity index is 144. The summed E-state index contributed by atoms with van der Waals surface area (Å²) in [6.45, 7) is 4.98. The zero-order chi connectivity index (χ0) is 9.19. The minimum Gasteiger partial charge on any atom is -0.392 e. The summed E-state index contributed by atoms with van der Waals surface area (Å²) in [5, 5.41) is 12.9. The molecule has 0 aromatic heterocycles. The molecule has 0 bridgehead atoms. The first-order valence-corrected chi connectivity index (χ1v) is 4.97. The van der Waals surface area contributed by atoms with E-state index in [0.717, 1.165) is 25.8 Å². The van der Waals surface area contributed by atoms with Crippen molar-refractivity contribution in [1.82, 2.24) is 5.32 Å². The molecule has 1 saturated heterocycles. The molecule has 0 amide bonds. The monoisotopic (exact) mass is 191 g/mol. The van der Waals surface area contributed by atoms with Crippen molar-refractivity contribution in [2.24, 2.45) is 0 Å². The molecule has 0 aliphatic carbocycles. The predicted molar refractivity (Wildman–Crippen MR) is 51.6 cm³/mol. The van der Waals surface area contributed by atoms with Crippen molar-refractivity contribution in [2.75, 3.05) is 6.54 Å². The number of halogens is 1. The van der Waals surface area contributed by atoms with Crippen molar-refractivity contribution in [3.8, 4) is 0 Å². The van der Waals surface area contributed by atoms with Gasteiger partial charge in [0, 0.05) is 10.9 Å². The van der Waals surface area contributed by atoms with Gasteiger partial charge in [0.05, 0.1) is 6.10 Å². The van der Waals surface area contributed by atoms with Crippen LogP contribution in [0.15, 0.2) is 0 Å². The van der Waals surface area contributed by atoms with E-state index in [1.54, 1.807) is 0 Å². The average molecular weight is 192 g/mol. The number of alkyl halides is 1. The van der Waals surface area contributed by atoms with Crippen LogP contribution in [0.3, 0.4) is 0 Å². The Kier molecular flexibility index (Phi) is 3.38. The molecule has 0 aromatic carbocycles. The van der Waals surface area contributed by atoms with E-state index in [2.05, 4.69) is 5.32 Å². The van der Waals surface area contributed by atoms with Crippen LogP contribution < -0.4 is 5.32 Å². The lowest BCUT2D eigenvalue weighted by atomic mass is 9.93. The third kappa shape index (κ3) is 3.30. The van der Waals surface area contributed by atoms with Crippen molar-refractivity contribution < 1.29 is 5.11 Å². The van der Waals surface area contributed by atoms with Gasteiger partial charge in [0.1, 0.15) is 0 Å². The quantitative estimate of drug-likeness (QED) is 0.649. The van der Waals surface area contributed by atoms with Gasteiger partial charge in [-0.2, -0.15) is 0 Å². The number of hydrogen-bond acceptors (Lipinski definition) is 2. The molecule has 0 aromatic rings. The Morgan fingerprint density at radius 1 is 1.58 bits per heavy atom. The Hall–Kier alpha value is 0.210. The topological polar surface area (TPSA) is 32.3 Å². The first kappa shape index (κ1) is 10.3. The van der Waals surface area contributed by atoms with Crippen LogP contribution in [0.4, 0.5) is 0 Å². The zero-order valence-electron chi connectivity index (χ0n) is 7.81. The normalized spacial score (nSPS) is 32.0. The maximum atomic E-state index is 9.61. The number of aliphatic hydroxyl groups is 1. The molecule has 72 valence electrons. The lowest BCUT2D eigenvalue weighted by Crippen LogP contribution is -2.47. The maximum Gasteiger partial charge on any atom is 0.0694 e. The van der Waals surface area contributed by atoms with Gasteiger partial charge in [-0.05, 0) is 39.7 Å². The Morgan fingerprint density at radius 3 is 2.75 bits per heavy atom. The molecule has 1 rings (SSSR count). The fourth-order valence-electron chi connectivity index (χ4n) is 1.67. The molecule has 0 spiro atoms. The lowest BCUT2D eigenvalue weighted by molar-refractivity contribution is 0.0884. The molecule has 2 N–H and O–H groups in total. The number of nitrogens with one attached hydrogen (secondary N) is 1. The highest BCUT2D eigenvalue weighted by atomic mass is 35.5. The first-order chi connectivity index (χ1) is 5.49. The smallest absolute Gasteiger partial charge is 0.0694 e. The Morgan fingerprint density at radius 2 is 2.25 bits per heavy atom. The van der Waals surface area contributed by atoms with E-state index in [-0.39, 0.29) is 17.0 Å². The largest absolute Gasteiger partial charge is 0.392 e. The summed E-state index contributed by atoms with van der Waals surface area (Å²) in [6.07, 6.45) is 2.59. The van der Waals surface area contributed by atoms with Gasteiger partial charge < -0.3 is 10.4 Å². The van der Waals surface area contributed by atoms with Crippen molar-refractivity contribution in [2.45, 2.75) is 50.1 Å². The van der Waals surface area contributed by atoms with E-state index < -0.39 is 0 Å². The van der Waals surface area contributed by atoms with Crippen molar-refractivity contribution >= 4 is 11.6 Å². The number of piperidine rings is 1. The van der Waals surface area contributed by atoms with Gasteiger partial charge in [-0.3, -0.25) is 0 Å². The first-order valence-electron chi connectivity index (χ1n) is 4.59. The van der Waals surface area contributed by atoms with E-state index in [1.165, 1.54) is 0 Å². The Balaban J connectivity index is 2.39. The van der Waals surface area contributed by atoms with E-state index >= 15 is 0 Å². The van der Waals surface area contributed by atoms with Crippen LogP contribution in [0.1, 0.15) is 33.1 Å². The predicted octanol–water partition coefficient (Wildman–Crippen LogP) is 1.51. The van der Waals surface area contributed by atoms with Gasteiger partial charge in [0.25, 0.3) is 0 Å². The Labute approximate surface area is 79.3 Å². The molecule has 12 heavy (non-hydrogen) atoms. The number of hydrogen-bond donors (Lipinski definition) is 2. The fourth-order valence-corrected chi connectivity index (χ4v) is 1.83. The van der Waals surface area contributed by atoms with Gasteiger partial charge in [0.15, 0.2) is 0 Å². The average Bonchev–Trinajstić information content (AvgIpc) is 1.91. The molecule has 0 radical (unpaired) electrons. The molecule has 1 heterocycles. The molecule has 1 aliphatic heterocycles. The van der Waals surface area contributed by atoms with Gasteiger partial charge in [-0.1, -0.05) is 0 Å². The van der Waals surface area contributed by atoms with Crippen molar-refractivity contribution in [3.05, 3.63) is 0 Å². The fraction of sp³-hybridized carbons (Fsp3) is 1.00. The second-order valence-electron chi connectivity index (χ2n) is 4.19. The molecule has 2 atom stereocenters.